The third-order valence-electron chi connectivity index (χ3n) is 4.09. The van der Waals surface area contributed by atoms with Gasteiger partial charge in [0.2, 0.25) is 0 Å². The first-order valence-electron chi connectivity index (χ1n) is 7.10. The predicted octanol–water partition coefficient (Wildman–Crippen LogP) is 1.99. The molecule has 1 unspecified atom stereocenters. The summed E-state index contributed by atoms with van der Waals surface area (Å²) in [4.78, 5) is 4.87. The lowest BCUT2D eigenvalue weighted by atomic mass is 9.81. The smallest absolute Gasteiger partial charge is 0.0472 e. The Morgan fingerprint density at radius 1 is 1.28 bits per heavy atom. The third kappa shape index (κ3) is 4.72. The van der Waals surface area contributed by atoms with E-state index in [9.17, 15) is 0 Å². The van der Waals surface area contributed by atoms with Crippen molar-refractivity contribution in [2.24, 2.45) is 5.41 Å². The maximum Gasteiger partial charge on any atom is 0.0472 e. The van der Waals surface area contributed by atoms with Crippen LogP contribution in [0.3, 0.4) is 0 Å². The normalized spacial score (nSPS) is 21.5. The molecule has 108 valence electrons. The highest BCUT2D eigenvalue weighted by molar-refractivity contribution is 7.80. The SMILES string of the molecule is CCN(CC1(CS)CCOCC1)C(C)CN(C)C. The Kier molecular flexibility index (Phi) is 6.99. The van der Waals surface area contributed by atoms with Crippen LogP contribution in [0.1, 0.15) is 26.7 Å². The lowest BCUT2D eigenvalue weighted by molar-refractivity contribution is 0.000553. The van der Waals surface area contributed by atoms with E-state index in [0.29, 0.717) is 11.5 Å². The number of thiol groups is 1. The van der Waals surface area contributed by atoms with Crippen molar-refractivity contribution in [1.29, 1.82) is 0 Å². The molecule has 0 aromatic carbocycles. The van der Waals surface area contributed by atoms with Crippen LogP contribution in [0.25, 0.3) is 0 Å². The molecule has 1 atom stereocenters. The number of rotatable bonds is 7. The van der Waals surface area contributed by atoms with E-state index >= 15 is 0 Å². The minimum Gasteiger partial charge on any atom is -0.381 e. The number of likely N-dealkylation sites (N-methyl/N-ethyl adjacent to an activating group) is 2. The van der Waals surface area contributed by atoms with Gasteiger partial charge in [0.15, 0.2) is 0 Å². The standard InChI is InChI=1S/C14H30N2OS/c1-5-16(13(2)10-15(3)4)11-14(12-18)6-8-17-9-7-14/h13,18H,5-12H2,1-4H3. The lowest BCUT2D eigenvalue weighted by Gasteiger charge is -2.42. The Balaban J connectivity index is 2.59. The maximum absolute atomic E-state index is 5.51. The quantitative estimate of drug-likeness (QED) is 0.715. The number of hydrogen-bond acceptors (Lipinski definition) is 4. The Hall–Kier alpha value is 0.230. The molecule has 0 saturated carbocycles. The van der Waals surface area contributed by atoms with Gasteiger partial charge in [-0.25, -0.2) is 0 Å². The van der Waals surface area contributed by atoms with Crippen LogP contribution in [0.15, 0.2) is 0 Å². The van der Waals surface area contributed by atoms with Gasteiger partial charge in [-0.3, -0.25) is 4.90 Å². The molecule has 0 radical (unpaired) electrons. The van der Waals surface area contributed by atoms with Gasteiger partial charge in [-0.15, -0.1) is 0 Å². The van der Waals surface area contributed by atoms with Crippen molar-refractivity contribution in [3.8, 4) is 0 Å². The molecular weight excluding hydrogens is 244 g/mol. The zero-order valence-electron chi connectivity index (χ0n) is 12.5. The van der Waals surface area contributed by atoms with Gasteiger partial charge >= 0.3 is 0 Å². The molecule has 0 aromatic heterocycles. The average Bonchev–Trinajstić information content (AvgIpc) is 2.36. The van der Waals surface area contributed by atoms with Crippen LogP contribution in [0, 0.1) is 5.41 Å². The molecule has 0 N–H and O–H groups in total. The first kappa shape index (κ1) is 16.3. The van der Waals surface area contributed by atoms with E-state index in [1.54, 1.807) is 0 Å². The van der Waals surface area contributed by atoms with Gasteiger partial charge in [0.05, 0.1) is 0 Å². The predicted molar refractivity (Wildman–Crippen MR) is 81.6 cm³/mol. The minimum absolute atomic E-state index is 0.359. The molecule has 1 fully saturated rings. The van der Waals surface area contributed by atoms with Crippen LogP contribution >= 0.6 is 12.6 Å². The maximum atomic E-state index is 5.51. The number of hydrogen-bond donors (Lipinski definition) is 1. The Labute approximate surface area is 118 Å². The Bertz CT molecular complexity index is 230. The second-order valence-electron chi connectivity index (χ2n) is 5.94. The zero-order chi connectivity index (χ0) is 13.6. The summed E-state index contributed by atoms with van der Waals surface area (Å²) in [6, 6.07) is 0.601. The molecule has 1 aliphatic heterocycles. The second kappa shape index (κ2) is 7.73. The molecule has 3 nitrogen and oxygen atoms in total. The summed E-state index contributed by atoms with van der Waals surface area (Å²) in [5, 5.41) is 0. The van der Waals surface area contributed by atoms with E-state index in [0.717, 1.165) is 51.4 Å². The van der Waals surface area contributed by atoms with Crippen LogP contribution in [0.5, 0.6) is 0 Å². The van der Waals surface area contributed by atoms with Gasteiger partial charge < -0.3 is 9.64 Å². The fraction of sp³-hybridized carbons (Fsp3) is 1.00. The summed E-state index contributed by atoms with van der Waals surface area (Å²) in [7, 11) is 4.29. The van der Waals surface area contributed by atoms with Crippen molar-refractivity contribution < 1.29 is 4.74 Å². The molecule has 0 spiro atoms. The van der Waals surface area contributed by atoms with Crippen LogP contribution in [0.2, 0.25) is 0 Å². The van der Waals surface area contributed by atoms with Crippen LogP contribution in [-0.4, -0.2) is 68.5 Å². The molecule has 0 bridgehead atoms. The molecule has 0 aromatic rings. The van der Waals surface area contributed by atoms with E-state index < -0.39 is 0 Å². The summed E-state index contributed by atoms with van der Waals surface area (Å²) in [5.74, 6) is 0.974. The van der Waals surface area contributed by atoms with Crippen LogP contribution in [0.4, 0.5) is 0 Å². The molecule has 0 amide bonds. The van der Waals surface area contributed by atoms with E-state index in [1.807, 2.05) is 0 Å². The second-order valence-corrected chi connectivity index (χ2v) is 6.26. The minimum atomic E-state index is 0.359. The molecule has 1 rings (SSSR count). The first-order chi connectivity index (χ1) is 8.53. The fourth-order valence-electron chi connectivity index (χ4n) is 2.82. The summed E-state index contributed by atoms with van der Waals surface area (Å²) in [6.45, 7) is 9.79. The van der Waals surface area contributed by atoms with E-state index in [4.69, 9.17) is 4.74 Å². The fourth-order valence-corrected chi connectivity index (χ4v) is 3.24. The van der Waals surface area contributed by atoms with Crippen molar-refractivity contribution in [2.45, 2.75) is 32.7 Å². The summed E-state index contributed by atoms with van der Waals surface area (Å²) < 4.78 is 5.51. The molecule has 1 saturated heterocycles. The first-order valence-corrected chi connectivity index (χ1v) is 7.73. The van der Waals surface area contributed by atoms with Crippen molar-refractivity contribution in [3.63, 3.8) is 0 Å². The zero-order valence-corrected chi connectivity index (χ0v) is 13.4. The van der Waals surface area contributed by atoms with Crippen molar-refractivity contribution in [2.75, 3.05) is 52.7 Å². The van der Waals surface area contributed by atoms with Crippen molar-refractivity contribution in [3.05, 3.63) is 0 Å². The van der Waals surface area contributed by atoms with Gasteiger partial charge in [0.1, 0.15) is 0 Å². The molecule has 18 heavy (non-hydrogen) atoms. The van der Waals surface area contributed by atoms with Crippen molar-refractivity contribution >= 4 is 12.6 Å². The molecule has 1 aliphatic rings. The highest BCUT2D eigenvalue weighted by Crippen LogP contribution is 2.33. The van der Waals surface area contributed by atoms with Gasteiger partial charge in [-0.2, -0.15) is 12.6 Å². The van der Waals surface area contributed by atoms with E-state index in [-0.39, 0.29) is 0 Å². The van der Waals surface area contributed by atoms with Gasteiger partial charge in [0, 0.05) is 32.3 Å². The van der Waals surface area contributed by atoms with Gasteiger partial charge in [-0.05, 0) is 51.6 Å². The van der Waals surface area contributed by atoms with E-state index in [1.165, 1.54) is 0 Å². The molecule has 4 heteroatoms. The molecule has 1 heterocycles. The van der Waals surface area contributed by atoms with E-state index in [2.05, 4.69) is 50.4 Å². The highest BCUT2D eigenvalue weighted by atomic mass is 32.1. The monoisotopic (exact) mass is 274 g/mol. The number of nitrogens with zero attached hydrogens (tertiary/aromatic N) is 2. The average molecular weight is 274 g/mol. The van der Waals surface area contributed by atoms with Gasteiger partial charge in [0.25, 0.3) is 0 Å². The largest absolute Gasteiger partial charge is 0.381 e. The Morgan fingerprint density at radius 3 is 2.33 bits per heavy atom. The van der Waals surface area contributed by atoms with Crippen LogP contribution in [-0.2, 0) is 4.74 Å². The number of ether oxygens (including phenoxy) is 1. The molecular formula is C14H30N2OS. The molecule has 0 aliphatic carbocycles. The summed E-state index contributed by atoms with van der Waals surface area (Å²) in [6.07, 6.45) is 2.31. The summed E-state index contributed by atoms with van der Waals surface area (Å²) in [5.41, 5.74) is 0.359. The lowest BCUT2D eigenvalue weighted by Crippen LogP contribution is -2.48. The Morgan fingerprint density at radius 2 is 1.89 bits per heavy atom. The van der Waals surface area contributed by atoms with Crippen LogP contribution < -0.4 is 0 Å². The highest BCUT2D eigenvalue weighted by Gasteiger charge is 2.34. The topological polar surface area (TPSA) is 15.7 Å². The third-order valence-corrected chi connectivity index (χ3v) is 4.76. The van der Waals surface area contributed by atoms with Crippen molar-refractivity contribution in [1.82, 2.24) is 9.80 Å². The summed E-state index contributed by atoms with van der Waals surface area (Å²) >= 11 is 4.61. The van der Waals surface area contributed by atoms with Gasteiger partial charge in [-0.1, -0.05) is 6.92 Å².